The fraction of sp³-hybridized carbons (Fsp3) is 0.176. The van der Waals surface area contributed by atoms with Crippen LogP contribution in [0.4, 0.5) is 0 Å². The summed E-state index contributed by atoms with van der Waals surface area (Å²) in [6.45, 7) is 2.74. The van der Waals surface area contributed by atoms with Crippen molar-refractivity contribution in [2.45, 2.75) is 6.92 Å². The molecule has 1 aliphatic heterocycles. The summed E-state index contributed by atoms with van der Waals surface area (Å²) in [6.07, 6.45) is 0. The monoisotopic (exact) mass is 264 g/mol. The summed E-state index contributed by atoms with van der Waals surface area (Å²) in [7, 11) is 0. The van der Waals surface area contributed by atoms with E-state index in [4.69, 9.17) is 0 Å². The molecule has 2 aromatic rings. The largest absolute Gasteiger partial charge is 0.273 e. The van der Waals surface area contributed by atoms with E-state index in [2.05, 4.69) is 12.0 Å². The summed E-state index contributed by atoms with van der Waals surface area (Å²) in [5.74, 6) is 0.216. The number of carbonyl (C=O) groups excluding carboxylic acids is 1. The molecule has 0 saturated heterocycles. The molecule has 0 saturated carbocycles. The lowest BCUT2D eigenvalue weighted by molar-refractivity contribution is 0.0769. The molecule has 100 valence electrons. The van der Waals surface area contributed by atoms with Gasteiger partial charge in [-0.05, 0) is 17.7 Å². The predicted octanol–water partition coefficient (Wildman–Crippen LogP) is 3.18. The molecule has 1 unspecified atom stereocenters. The number of rotatable bonds is 2. The third-order valence-corrected chi connectivity index (χ3v) is 3.47. The second kappa shape index (κ2) is 5.29. The van der Waals surface area contributed by atoms with E-state index in [0.717, 1.165) is 11.3 Å². The van der Waals surface area contributed by atoms with Gasteiger partial charge in [0, 0.05) is 11.5 Å². The van der Waals surface area contributed by atoms with Crippen LogP contribution < -0.4 is 0 Å². The number of benzene rings is 2. The number of hydrogen-bond donors (Lipinski definition) is 0. The molecule has 20 heavy (non-hydrogen) atoms. The molecular formula is C17H16N2O. The summed E-state index contributed by atoms with van der Waals surface area (Å²) in [5, 5.41) is 6.09. The minimum atomic E-state index is -0.0385. The first-order chi connectivity index (χ1) is 9.75. The predicted molar refractivity (Wildman–Crippen MR) is 79.6 cm³/mol. The Balaban J connectivity index is 1.87. The maximum absolute atomic E-state index is 12.4. The van der Waals surface area contributed by atoms with Gasteiger partial charge in [0.25, 0.3) is 5.91 Å². The van der Waals surface area contributed by atoms with E-state index in [1.54, 1.807) is 5.01 Å². The van der Waals surface area contributed by atoms with Gasteiger partial charge in [-0.3, -0.25) is 4.79 Å². The maximum Gasteiger partial charge on any atom is 0.273 e. The van der Waals surface area contributed by atoms with Crippen molar-refractivity contribution < 1.29 is 4.79 Å². The van der Waals surface area contributed by atoms with Crippen LogP contribution in [0.25, 0.3) is 0 Å². The zero-order valence-electron chi connectivity index (χ0n) is 11.4. The zero-order chi connectivity index (χ0) is 13.9. The van der Waals surface area contributed by atoms with Crippen LogP contribution in [0, 0.1) is 5.92 Å². The van der Waals surface area contributed by atoms with Crippen LogP contribution in [-0.4, -0.2) is 23.2 Å². The SMILES string of the molecule is CC1CN(C(=O)c2ccccc2)N=C1c1ccccc1. The molecule has 3 rings (SSSR count). The number of carbonyl (C=O) groups is 1. The van der Waals surface area contributed by atoms with E-state index in [0.29, 0.717) is 12.1 Å². The molecule has 1 aliphatic rings. The van der Waals surface area contributed by atoms with Gasteiger partial charge in [-0.1, -0.05) is 55.5 Å². The number of nitrogens with zero attached hydrogens (tertiary/aromatic N) is 2. The van der Waals surface area contributed by atoms with Gasteiger partial charge in [0.15, 0.2) is 0 Å². The van der Waals surface area contributed by atoms with Crippen LogP contribution in [0.15, 0.2) is 65.8 Å². The first-order valence-corrected chi connectivity index (χ1v) is 6.76. The first kappa shape index (κ1) is 12.6. The van der Waals surface area contributed by atoms with E-state index in [1.165, 1.54) is 0 Å². The molecular weight excluding hydrogens is 248 g/mol. The van der Waals surface area contributed by atoms with Crippen LogP contribution >= 0.6 is 0 Å². The molecule has 1 amide bonds. The van der Waals surface area contributed by atoms with E-state index >= 15 is 0 Å². The van der Waals surface area contributed by atoms with Crippen molar-refractivity contribution in [3.05, 3.63) is 71.8 Å². The highest BCUT2D eigenvalue weighted by Gasteiger charge is 2.28. The van der Waals surface area contributed by atoms with Crippen molar-refractivity contribution in [1.29, 1.82) is 0 Å². The molecule has 3 heteroatoms. The Morgan fingerprint density at radius 3 is 2.30 bits per heavy atom. The van der Waals surface area contributed by atoms with Gasteiger partial charge >= 0.3 is 0 Å². The molecule has 0 aromatic heterocycles. The zero-order valence-corrected chi connectivity index (χ0v) is 11.4. The summed E-state index contributed by atoms with van der Waals surface area (Å²) in [6, 6.07) is 19.3. The van der Waals surface area contributed by atoms with Crippen molar-refractivity contribution in [2.75, 3.05) is 6.54 Å². The molecule has 1 heterocycles. The van der Waals surface area contributed by atoms with Gasteiger partial charge in [0.1, 0.15) is 0 Å². The Labute approximate surface area is 118 Å². The summed E-state index contributed by atoms with van der Waals surface area (Å²) < 4.78 is 0. The molecule has 0 fully saturated rings. The Bertz CT molecular complexity index is 635. The van der Waals surface area contributed by atoms with Crippen molar-refractivity contribution in [1.82, 2.24) is 5.01 Å². The molecule has 2 aromatic carbocycles. The van der Waals surface area contributed by atoms with Crippen LogP contribution in [0.2, 0.25) is 0 Å². The van der Waals surface area contributed by atoms with Crippen molar-refractivity contribution in [3.8, 4) is 0 Å². The quantitative estimate of drug-likeness (QED) is 0.820. The van der Waals surface area contributed by atoms with Crippen LogP contribution in [0.5, 0.6) is 0 Å². The minimum Gasteiger partial charge on any atom is -0.267 e. The Hall–Kier alpha value is -2.42. The van der Waals surface area contributed by atoms with Gasteiger partial charge < -0.3 is 0 Å². The Kier molecular flexibility index (Phi) is 3.33. The smallest absolute Gasteiger partial charge is 0.267 e. The lowest BCUT2D eigenvalue weighted by atomic mass is 9.99. The van der Waals surface area contributed by atoms with E-state index in [9.17, 15) is 4.79 Å². The third-order valence-electron chi connectivity index (χ3n) is 3.47. The minimum absolute atomic E-state index is 0.0385. The molecule has 1 atom stereocenters. The summed E-state index contributed by atoms with van der Waals surface area (Å²) >= 11 is 0. The molecule has 0 spiro atoms. The number of amides is 1. The normalized spacial score (nSPS) is 17.9. The van der Waals surface area contributed by atoms with Gasteiger partial charge in [-0.2, -0.15) is 5.10 Å². The highest BCUT2D eigenvalue weighted by atomic mass is 16.2. The van der Waals surface area contributed by atoms with Crippen molar-refractivity contribution >= 4 is 11.6 Å². The summed E-state index contributed by atoms with van der Waals surface area (Å²) in [5.41, 5.74) is 2.75. The van der Waals surface area contributed by atoms with Crippen LogP contribution in [0.1, 0.15) is 22.8 Å². The van der Waals surface area contributed by atoms with Gasteiger partial charge in [-0.15, -0.1) is 0 Å². The first-order valence-electron chi connectivity index (χ1n) is 6.76. The van der Waals surface area contributed by atoms with E-state index in [-0.39, 0.29) is 11.8 Å². The molecule has 0 N–H and O–H groups in total. The van der Waals surface area contributed by atoms with Crippen LogP contribution in [-0.2, 0) is 0 Å². The molecule has 3 nitrogen and oxygen atoms in total. The molecule has 0 bridgehead atoms. The Morgan fingerprint density at radius 1 is 1.05 bits per heavy atom. The highest BCUT2D eigenvalue weighted by Crippen LogP contribution is 2.20. The van der Waals surface area contributed by atoms with Crippen molar-refractivity contribution in [3.63, 3.8) is 0 Å². The van der Waals surface area contributed by atoms with E-state index < -0.39 is 0 Å². The van der Waals surface area contributed by atoms with Gasteiger partial charge in [0.05, 0.1) is 12.3 Å². The lowest BCUT2D eigenvalue weighted by Crippen LogP contribution is -2.25. The van der Waals surface area contributed by atoms with Crippen LogP contribution in [0.3, 0.4) is 0 Å². The maximum atomic E-state index is 12.4. The average molecular weight is 264 g/mol. The van der Waals surface area contributed by atoms with Gasteiger partial charge in [-0.25, -0.2) is 5.01 Å². The highest BCUT2D eigenvalue weighted by molar-refractivity contribution is 6.05. The standard InChI is InChI=1S/C17H16N2O/c1-13-12-19(17(20)15-10-6-3-7-11-15)18-16(13)14-8-4-2-5-9-14/h2-11,13H,12H2,1H3. The topological polar surface area (TPSA) is 32.7 Å². The second-order valence-corrected chi connectivity index (χ2v) is 5.01. The summed E-state index contributed by atoms with van der Waals surface area (Å²) in [4.78, 5) is 12.4. The van der Waals surface area contributed by atoms with Crippen molar-refractivity contribution in [2.24, 2.45) is 11.0 Å². The average Bonchev–Trinajstić information content (AvgIpc) is 2.90. The molecule has 0 aliphatic carbocycles. The Morgan fingerprint density at radius 2 is 1.65 bits per heavy atom. The van der Waals surface area contributed by atoms with E-state index in [1.807, 2.05) is 60.7 Å². The lowest BCUT2D eigenvalue weighted by Gasteiger charge is -2.12. The van der Waals surface area contributed by atoms with Gasteiger partial charge in [0.2, 0.25) is 0 Å². The third kappa shape index (κ3) is 2.35. The fourth-order valence-corrected chi connectivity index (χ4v) is 2.42. The molecule has 0 radical (unpaired) electrons. The second-order valence-electron chi connectivity index (χ2n) is 5.01. The number of hydrogen-bond acceptors (Lipinski definition) is 2. The number of hydrazone groups is 1. The fourth-order valence-electron chi connectivity index (χ4n) is 2.42.